The van der Waals surface area contributed by atoms with E-state index in [4.69, 9.17) is 35.6 Å². The van der Waals surface area contributed by atoms with Gasteiger partial charge in [-0.15, -0.1) is 0 Å². The maximum Gasteiger partial charge on any atom is 0.417 e. The fraction of sp³-hybridized carbons (Fsp3) is 0.111. The van der Waals surface area contributed by atoms with Gasteiger partial charge < -0.3 is 40.0 Å². The summed E-state index contributed by atoms with van der Waals surface area (Å²) in [7, 11) is 3.11. The zero-order chi connectivity index (χ0) is 38.9. The van der Waals surface area contributed by atoms with E-state index in [0.717, 1.165) is 28.2 Å². The largest absolute Gasteiger partial charge is 0.481 e. The van der Waals surface area contributed by atoms with E-state index in [-0.39, 0.29) is 5.28 Å². The maximum atomic E-state index is 11.3. The van der Waals surface area contributed by atoms with E-state index in [1.165, 1.54) is 0 Å². The number of oxazole rings is 2. The molecule has 0 saturated carbocycles. The number of nitrogens with one attached hydrogen (secondary N) is 5. The molecule has 0 aliphatic heterocycles. The molecule has 280 valence electrons. The number of aromatic amines is 2. The van der Waals surface area contributed by atoms with Crippen LogP contribution in [0.3, 0.4) is 0 Å². The molecule has 6 aromatic heterocycles. The second kappa shape index (κ2) is 16.9. The second-order valence-electron chi connectivity index (χ2n) is 11.4. The van der Waals surface area contributed by atoms with Crippen LogP contribution >= 0.6 is 11.6 Å². The Morgan fingerprint density at radius 3 is 1.75 bits per heavy atom. The Balaban J connectivity index is 0.000000159. The predicted molar refractivity (Wildman–Crippen MR) is 208 cm³/mol. The number of hydrogen-bond acceptors (Lipinski definition) is 16. The molecule has 0 amide bonds. The molecule has 19 heteroatoms. The highest BCUT2D eigenvalue weighted by Crippen LogP contribution is 2.25. The first kappa shape index (κ1) is 37.3. The molecule has 7 N–H and O–H groups in total. The Morgan fingerprint density at radius 2 is 1.18 bits per heavy atom. The monoisotopic (exact) mass is 764 g/mol. The molecule has 0 bridgehead atoms. The van der Waals surface area contributed by atoms with Crippen LogP contribution in [0.1, 0.15) is 11.1 Å². The van der Waals surface area contributed by atoms with Gasteiger partial charge in [-0.2, -0.15) is 4.98 Å². The Morgan fingerprint density at radius 1 is 0.655 bits per heavy atom. The predicted octanol–water partition coefficient (Wildman–Crippen LogP) is 6.40. The first-order chi connectivity index (χ1) is 26.5. The Labute approximate surface area is 316 Å². The summed E-state index contributed by atoms with van der Waals surface area (Å²) in [4.78, 5) is 52.3. The van der Waals surface area contributed by atoms with Gasteiger partial charge in [-0.3, -0.25) is 9.97 Å². The van der Waals surface area contributed by atoms with E-state index in [1.54, 1.807) is 93.6 Å². The number of nitrogen functional groups attached to an aromatic ring is 1. The Hall–Kier alpha value is -7.47. The molecular formula is C36H33ClN12O6. The topological polar surface area (TPSA) is 250 Å². The number of aryl methyl sites for hydroxylation is 2. The van der Waals surface area contributed by atoms with Crippen molar-refractivity contribution in [3.05, 3.63) is 123 Å². The molecule has 6 heterocycles. The van der Waals surface area contributed by atoms with E-state index in [1.807, 2.05) is 19.9 Å². The summed E-state index contributed by atoms with van der Waals surface area (Å²) in [6.45, 7) is 3.77. The van der Waals surface area contributed by atoms with Gasteiger partial charge in [-0.1, -0.05) is 0 Å². The lowest BCUT2D eigenvalue weighted by Crippen LogP contribution is -2.03. The van der Waals surface area contributed by atoms with Crippen LogP contribution < -0.4 is 42.7 Å². The number of aromatic nitrogens is 8. The number of anilines is 7. The van der Waals surface area contributed by atoms with Gasteiger partial charge in [-0.05, 0) is 74.0 Å². The lowest BCUT2D eigenvalue weighted by molar-refractivity contribution is 0.398. The van der Waals surface area contributed by atoms with Crippen LogP contribution in [-0.4, -0.2) is 54.1 Å². The first-order valence-electron chi connectivity index (χ1n) is 16.2. The Kier molecular flexibility index (Phi) is 11.5. The third kappa shape index (κ3) is 9.90. The van der Waals surface area contributed by atoms with E-state index in [9.17, 15) is 9.59 Å². The van der Waals surface area contributed by atoms with Crippen molar-refractivity contribution in [1.29, 1.82) is 0 Å². The van der Waals surface area contributed by atoms with Crippen molar-refractivity contribution in [3.8, 4) is 11.8 Å². The lowest BCUT2D eigenvalue weighted by Gasteiger charge is -2.11. The molecule has 0 fully saturated rings. The van der Waals surface area contributed by atoms with E-state index in [2.05, 4.69) is 55.8 Å². The standard InChI is InChI=1S/C18H16N6O3.C12H9ClN4O2.C6H8N2O/c1-10-9-20-17(22-12-5-6-19-15(8-12)26-2)24-16(10)21-11-3-4-14-13(7-11)23-18(25)27-14;1-6-5-14-11(13)17-10(6)15-7-2-3-9-8(4-7)16-12(18)19-9;1-9-6-4-5(7)2-3-8-6/h3-9H,1-2H3,(H,23,25)(H2,19,20,21,22,24);2-5H,1H3,(H,16,18)(H,14,15,17);2-4H,1H3,(H2,7,8). The molecule has 2 aromatic carbocycles. The van der Waals surface area contributed by atoms with E-state index in [0.29, 0.717) is 57.2 Å². The summed E-state index contributed by atoms with van der Waals surface area (Å²) in [5, 5.41) is 9.64. The Bertz CT molecular complexity index is 2690. The summed E-state index contributed by atoms with van der Waals surface area (Å²) in [6, 6.07) is 17.5. The summed E-state index contributed by atoms with van der Waals surface area (Å²) >= 11 is 5.76. The average molecular weight is 765 g/mol. The minimum absolute atomic E-state index is 0.172. The van der Waals surface area contributed by atoms with Gasteiger partial charge in [0.05, 0.1) is 25.3 Å². The molecule has 0 atom stereocenters. The summed E-state index contributed by atoms with van der Waals surface area (Å²) in [5.41, 5.74) is 12.3. The van der Waals surface area contributed by atoms with Crippen molar-refractivity contribution < 1.29 is 18.3 Å². The van der Waals surface area contributed by atoms with Gasteiger partial charge >= 0.3 is 11.5 Å². The molecular weight excluding hydrogens is 732 g/mol. The van der Waals surface area contributed by atoms with Crippen molar-refractivity contribution in [1.82, 2.24) is 39.9 Å². The van der Waals surface area contributed by atoms with Crippen LogP contribution in [0, 0.1) is 13.8 Å². The minimum Gasteiger partial charge on any atom is -0.481 e. The second-order valence-corrected chi connectivity index (χ2v) is 11.8. The van der Waals surface area contributed by atoms with Crippen molar-refractivity contribution in [2.75, 3.05) is 35.9 Å². The summed E-state index contributed by atoms with van der Waals surface area (Å²) in [5.74, 6) is 1.76. The first-order valence-corrected chi connectivity index (χ1v) is 16.6. The number of pyridine rings is 2. The van der Waals surface area contributed by atoms with Crippen LogP contribution in [0.2, 0.25) is 5.28 Å². The molecule has 55 heavy (non-hydrogen) atoms. The van der Waals surface area contributed by atoms with Crippen molar-refractivity contribution in [3.63, 3.8) is 0 Å². The van der Waals surface area contributed by atoms with Crippen molar-refractivity contribution in [2.45, 2.75) is 13.8 Å². The molecule has 0 unspecified atom stereocenters. The third-order valence-electron chi connectivity index (χ3n) is 7.45. The smallest absolute Gasteiger partial charge is 0.417 e. The van der Waals surface area contributed by atoms with Gasteiger partial charge in [-0.25, -0.2) is 34.5 Å². The SMILES string of the molecule is COc1cc(N)ccn1.COc1cc(Nc2ncc(C)c(Nc3ccc4oc(=O)[nH]c4c3)n2)ccn1.Cc1cnc(Cl)nc1Nc1ccc2oc(=O)[nH]c2c1. The lowest BCUT2D eigenvalue weighted by atomic mass is 10.2. The van der Waals surface area contributed by atoms with Crippen LogP contribution in [0.5, 0.6) is 11.8 Å². The number of rotatable bonds is 8. The zero-order valence-electron chi connectivity index (χ0n) is 29.7. The van der Waals surface area contributed by atoms with Crippen LogP contribution in [0.25, 0.3) is 22.2 Å². The molecule has 8 aromatic rings. The molecule has 0 saturated heterocycles. The zero-order valence-corrected chi connectivity index (χ0v) is 30.4. The molecule has 8 rings (SSSR count). The number of H-pyrrole nitrogens is 2. The quantitative estimate of drug-likeness (QED) is 0.0916. The van der Waals surface area contributed by atoms with Crippen LogP contribution in [-0.2, 0) is 0 Å². The molecule has 0 aliphatic rings. The number of benzene rings is 2. The molecule has 18 nitrogen and oxygen atoms in total. The van der Waals surface area contributed by atoms with Gasteiger partial charge in [0.25, 0.3) is 0 Å². The maximum absolute atomic E-state index is 11.3. The number of nitrogens with zero attached hydrogens (tertiary/aromatic N) is 6. The average Bonchev–Trinajstić information content (AvgIpc) is 3.74. The fourth-order valence-corrected chi connectivity index (χ4v) is 4.91. The molecule has 0 radical (unpaired) electrons. The number of ether oxygens (including phenoxy) is 2. The molecule has 0 aliphatic carbocycles. The minimum atomic E-state index is -0.486. The number of hydrogen-bond donors (Lipinski definition) is 6. The third-order valence-corrected chi connectivity index (χ3v) is 7.63. The highest BCUT2D eigenvalue weighted by molar-refractivity contribution is 6.28. The highest BCUT2D eigenvalue weighted by atomic mass is 35.5. The normalized spacial score (nSPS) is 10.5. The number of nitrogens with two attached hydrogens (primary N) is 1. The fourth-order valence-electron chi connectivity index (χ4n) is 4.77. The van der Waals surface area contributed by atoms with Crippen LogP contribution in [0.15, 0.2) is 104 Å². The van der Waals surface area contributed by atoms with Gasteiger partial charge in [0.1, 0.15) is 11.6 Å². The van der Waals surface area contributed by atoms with Crippen LogP contribution in [0.4, 0.5) is 40.3 Å². The number of halogens is 1. The molecule has 0 spiro atoms. The van der Waals surface area contributed by atoms with Gasteiger partial charge in [0.15, 0.2) is 11.2 Å². The van der Waals surface area contributed by atoms with Crippen molar-refractivity contribution in [2.24, 2.45) is 0 Å². The van der Waals surface area contributed by atoms with Gasteiger partial charge in [0.2, 0.25) is 23.0 Å². The summed E-state index contributed by atoms with van der Waals surface area (Å²) < 4.78 is 19.9. The van der Waals surface area contributed by atoms with Crippen molar-refractivity contribution >= 4 is 74.1 Å². The highest BCUT2D eigenvalue weighted by Gasteiger charge is 2.09. The van der Waals surface area contributed by atoms with E-state index < -0.39 is 11.5 Å². The van der Waals surface area contributed by atoms with E-state index >= 15 is 0 Å². The summed E-state index contributed by atoms with van der Waals surface area (Å²) in [6.07, 6.45) is 6.59. The number of methoxy groups -OCH3 is 2. The number of fused-ring (bicyclic) bond motifs is 2. The van der Waals surface area contributed by atoms with Gasteiger partial charge in [0, 0.05) is 70.8 Å².